The summed E-state index contributed by atoms with van der Waals surface area (Å²) in [6.45, 7) is 21.0. The first kappa shape index (κ1) is 23.4. The summed E-state index contributed by atoms with van der Waals surface area (Å²) < 4.78 is 0. The number of benzene rings is 2. The number of fused-ring (bicyclic) bond motifs is 1. The largest absolute Gasteiger partial charge is 0.0991 e. The number of allylic oxidation sites excluding steroid dienone is 7. The Hall–Kier alpha value is -2.86. The van der Waals surface area contributed by atoms with Crippen LogP contribution in [0.2, 0.25) is 0 Å². The van der Waals surface area contributed by atoms with Gasteiger partial charge in [0.2, 0.25) is 0 Å². The van der Waals surface area contributed by atoms with Crippen LogP contribution in [0.3, 0.4) is 0 Å². The third-order valence-corrected chi connectivity index (χ3v) is 5.56. The van der Waals surface area contributed by atoms with Crippen molar-refractivity contribution in [2.75, 3.05) is 0 Å². The maximum Gasteiger partial charge on any atom is -0.00607 e. The highest BCUT2D eigenvalue weighted by atomic mass is 14.3. The van der Waals surface area contributed by atoms with Crippen molar-refractivity contribution in [1.82, 2.24) is 0 Å². The van der Waals surface area contributed by atoms with Gasteiger partial charge in [-0.3, -0.25) is 0 Å². The molecule has 0 spiro atoms. The minimum Gasteiger partial charge on any atom is -0.0991 e. The fourth-order valence-corrected chi connectivity index (χ4v) is 4.23. The van der Waals surface area contributed by atoms with Crippen molar-refractivity contribution < 1.29 is 0 Å². The molecule has 3 rings (SSSR count). The normalized spacial score (nSPS) is 15.9. The highest BCUT2D eigenvalue weighted by molar-refractivity contribution is 5.72. The van der Waals surface area contributed by atoms with Gasteiger partial charge in [0.05, 0.1) is 0 Å². The number of hydrogen-bond donors (Lipinski definition) is 0. The summed E-state index contributed by atoms with van der Waals surface area (Å²) in [6, 6.07) is 17.4. The van der Waals surface area contributed by atoms with Crippen molar-refractivity contribution in [3.63, 3.8) is 0 Å². The van der Waals surface area contributed by atoms with E-state index in [0.29, 0.717) is 5.92 Å². The van der Waals surface area contributed by atoms with E-state index in [-0.39, 0.29) is 0 Å². The molecule has 0 saturated carbocycles. The monoisotopic (exact) mass is 396 g/mol. The van der Waals surface area contributed by atoms with E-state index in [2.05, 4.69) is 88.2 Å². The van der Waals surface area contributed by atoms with Gasteiger partial charge >= 0.3 is 0 Å². The first-order valence-electron chi connectivity index (χ1n) is 11.0. The lowest BCUT2D eigenvalue weighted by Gasteiger charge is -2.17. The van der Waals surface area contributed by atoms with E-state index in [1.165, 1.54) is 44.5 Å². The maximum atomic E-state index is 4.48. The summed E-state index contributed by atoms with van der Waals surface area (Å²) in [5.41, 5.74) is 10.4. The molecule has 0 saturated heterocycles. The molecule has 1 unspecified atom stereocenters. The molecule has 1 atom stereocenters. The van der Waals surface area contributed by atoms with Crippen molar-refractivity contribution in [3.05, 3.63) is 125 Å². The first-order valence-corrected chi connectivity index (χ1v) is 11.0. The summed E-state index contributed by atoms with van der Waals surface area (Å²) in [6.07, 6.45) is 8.93. The molecule has 1 aliphatic carbocycles. The van der Waals surface area contributed by atoms with Gasteiger partial charge in [-0.25, -0.2) is 0 Å². The van der Waals surface area contributed by atoms with Crippen molar-refractivity contribution in [1.29, 1.82) is 0 Å². The van der Waals surface area contributed by atoms with Crippen molar-refractivity contribution in [2.24, 2.45) is 0 Å². The van der Waals surface area contributed by atoms with Gasteiger partial charge in [0.1, 0.15) is 0 Å². The molecular formula is C30H36. The van der Waals surface area contributed by atoms with Gasteiger partial charge in [0.25, 0.3) is 0 Å². The summed E-state index contributed by atoms with van der Waals surface area (Å²) >= 11 is 0. The topological polar surface area (TPSA) is 0 Å². The van der Waals surface area contributed by atoms with Gasteiger partial charge in [-0.2, -0.15) is 0 Å². The summed E-state index contributed by atoms with van der Waals surface area (Å²) in [5, 5.41) is 0. The second-order valence-electron chi connectivity index (χ2n) is 7.85. The Balaban J connectivity index is 0.00000155. The SMILES string of the molecule is C=C/C=C\C(C(=C)CC1CC(=C)c2ccccc21)=C(/C)Cc1cccc(C)c1.CC. The predicted molar refractivity (Wildman–Crippen MR) is 135 cm³/mol. The Morgan fingerprint density at radius 3 is 2.53 bits per heavy atom. The molecule has 0 nitrogen and oxygen atoms in total. The average Bonchev–Trinajstić information content (AvgIpc) is 3.05. The van der Waals surface area contributed by atoms with Gasteiger partial charge in [-0.05, 0) is 72.4 Å². The lowest BCUT2D eigenvalue weighted by molar-refractivity contribution is 0.730. The van der Waals surface area contributed by atoms with Crippen molar-refractivity contribution >= 4 is 5.57 Å². The minimum absolute atomic E-state index is 0.468. The lowest BCUT2D eigenvalue weighted by atomic mass is 9.87. The average molecular weight is 397 g/mol. The third kappa shape index (κ3) is 5.83. The van der Waals surface area contributed by atoms with Gasteiger partial charge in [0, 0.05) is 0 Å². The Morgan fingerprint density at radius 2 is 1.83 bits per heavy atom. The Morgan fingerprint density at radius 1 is 1.10 bits per heavy atom. The summed E-state index contributed by atoms with van der Waals surface area (Å²) in [4.78, 5) is 0. The van der Waals surface area contributed by atoms with Gasteiger partial charge in [0.15, 0.2) is 0 Å². The molecule has 156 valence electrons. The minimum atomic E-state index is 0.468. The zero-order valence-corrected chi connectivity index (χ0v) is 19.2. The summed E-state index contributed by atoms with van der Waals surface area (Å²) in [7, 11) is 0. The van der Waals surface area contributed by atoms with Crippen LogP contribution >= 0.6 is 0 Å². The fourth-order valence-electron chi connectivity index (χ4n) is 4.23. The fraction of sp³-hybridized carbons (Fsp3) is 0.267. The molecule has 2 aromatic carbocycles. The van der Waals surface area contributed by atoms with Crippen LogP contribution < -0.4 is 0 Å². The Kier molecular flexibility index (Phi) is 8.87. The van der Waals surface area contributed by atoms with Crippen LogP contribution in [0, 0.1) is 6.92 Å². The second-order valence-corrected chi connectivity index (χ2v) is 7.85. The number of aryl methyl sites for hydroxylation is 1. The molecule has 0 heterocycles. The quantitative estimate of drug-likeness (QED) is 0.410. The molecule has 0 fully saturated rings. The zero-order chi connectivity index (χ0) is 22.1. The van der Waals surface area contributed by atoms with Crippen LogP contribution in [0.15, 0.2) is 103 Å². The standard InChI is InChI=1S/C28H30.C2H6/c1-6-7-13-26(21(3)17-24-12-10-11-20(2)16-24)22(4)18-25-19-23(5)27-14-8-9-15-28(25)27;1-2/h6-16,25H,1,4-5,17-19H2,2-3H3;1-2H3/b13-7-,26-21-;. The molecule has 0 amide bonds. The highest BCUT2D eigenvalue weighted by Gasteiger charge is 2.25. The van der Waals surface area contributed by atoms with E-state index in [1.807, 2.05) is 26.0 Å². The van der Waals surface area contributed by atoms with Crippen LogP contribution in [0.25, 0.3) is 5.57 Å². The molecule has 0 aliphatic heterocycles. The molecule has 0 bridgehead atoms. The number of hydrogen-bond acceptors (Lipinski definition) is 0. The lowest BCUT2D eigenvalue weighted by Crippen LogP contribution is -2.00. The molecular weight excluding hydrogens is 360 g/mol. The number of rotatable bonds is 7. The van der Waals surface area contributed by atoms with Gasteiger partial charge in [-0.15, -0.1) is 0 Å². The van der Waals surface area contributed by atoms with Crippen LogP contribution in [0.5, 0.6) is 0 Å². The Bertz CT molecular complexity index is 965. The van der Waals surface area contributed by atoms with Crippen LogP contribution in [0.1, 0.15) is 61.8 Å². The zero-order valence-electron chi connectivity index (χ0n) is 19.2. The van der Waals surface area contributed by atoms with E-state index in [0.717, 1.165) is 19.3 Å². The van der Waals surface area contributed by atoms with Crippen LogP contribution in [-0.2, 0) is 6.42 Å². The van der Waals surface area contributed by atoms with Crippen LogP contribution in [0.4, 0.5) is 0 Å². The molecule has 1 aliphatic rings. The van der Waals surface area contributed by atoms with Crippen molar-refractivity contribution in [2.45, 2.75) is 52.9 Å². The first-order chi connectivity index (χ1) is 14.5. The molecule has 0 aromatic heterocycles. The van der Waals surface area contributed by atoms with E-state index in [4.69, 9.17) is 0 Å². The molecule has 0 radical (unpaired) electrons. The molecule has 2 aromatic rings. The molecule has 0 N–H and O–H groups in total. The van der Waals surface area contributed by atoms with Crippen molar-refractivity contribution in [3.8, 4) is 0 Å². The highest BCUT2D eigenvalue weighted by Crippen LogP contribution is 2.44. The smallest absolute Gasteiger partial charge is 0.00607 e. The van der Waals surface area contributed by atoms with E-state index in [1.54, 1.807) is 0 Å². The van der Waals surface area contributed by atoms with Gasteiger partial charge in [-0.1, -0.05) is 111 Å². The molecule has 30 heavy (non-hydrogen) atoms. The van der Waals surface area contributed by atoms with E-state index in [9.17, 15) is 0 Å². The second kappa shape index (κ2) is 11.4. The third-order valence-electron chi connectivity index (χ3n) is 5.56. The molecule has 0 heteroatoms. The predicted octanol–water partition coefficient (Wildman–Crippen LogP) is 8.77. The van der Waals surface area contributed by atoms with Crippen LogP contribution in [-0.4, -0.2) is 0 Å². The van der Waals surface area contributed by atoms with Gasteiger partial charge < -0.3 is 0 Å². The summed E-state index contributed by atoms with van der Waals surface area (Å²) in [5.74, 6) is 0.468. The maximum absolute atomic E-state index is 4.48. The Labute approximate surface area is 184 Å². The van der Waals surface area contributed by atoms with E-state index >= 15 is 0 Å². The van der Waals surface area contributed by atoms with E-state index < -0.39 is 0 Å².